The molecule has 1 unspecified atom stereocenters. The Kier molecular flexibility index (Phi) is 4.81. The molecule has 1 atom stereocenters. The zero-order valence-corrected chi connectivity index (χ0v) is 12.4. The van der Waals surface area contributed by atoms with E-state index in [4.69, 9.17) is 9.47 Å². The first-order chi connectivity index (χ1) is 10.1. The Morgan fingerprint density at radius 2 is 2.00 bits per heavy atom. The summed E-state index contributed by atoms with van der Waals surface area (Å²) in [5.74, 6) is 1.29. The molecule has 0 saturated carbocycles. The monoisotopic (exact) mass is 289 g/mol. The second-order valence-electron chi connectivity index (χ2n) is 4.74. The molecule has 112 valence electrons. The van der Waals surface area contributed by atoms with Gasteiger partial charge < -0.3 is 14.4 Å². The Bertz CT molecular complexity index is 566. The molecule has 0 bridgehead atoms. The molecule has 1 amide bonds. The maximum atomic E-state index is 12.2. The summed E-state index contributed by atoms with van der Waals surface area (Å²) in [7, 11) is 3.34. The SMILES string of the molecule is COc1ccc(OC(C)C(=O)N(C)Cc2cn[nH]c2)cc1. The quantitative estimate of drug-likeness (QED) is 0.881. The van der Waals surface area contributed by atoms with Gasteiger partial charge in [0.2, 0.25) is 0 Å². The highest BCUT2D eigenvalue weighted by atomic mass is 16.5. The summed E-state index contributed by atoms with van der Waals surface area (Å²) in [6, 6.07) is 7.14. The number of benzene rings is 1. The van der Waals surface area contributed by atoms with Crippen LogP contribution < -0.4 is 9.47 Å². The largest absolute Gasteiger partial charge is 0.497 e. The molecule has 0 spiro atoms. The third kappa shape index (κ3) is 3.98. The van der Waals surface area contributed by atoms with Crippen LogP contribution in [0.2, 0.25) is 0 Å². The number of H-pyrrole nitrogens is 1. The maximum Gasteiger partial charge on any atom is 0.263 e. The van der Waals surface area contributed by atoms with E-state index in [1.54, 1.807) is 62.6 Å². The fourth-order valence-electron chi connectivity index (χ4n) is 1.94. The van der Waals surface area contributed by atoms with Crippen molar-refractivity contribution in [1.82, 2.24) is 15.1 Å². The number of carbonyl (C=O) groups excluding carboxylic acids is 1. The highest BCUT2D eigenvalue weighted by molar-refractivity contribution is 5.80. The van der Waals surface area contributed by atoms with Gasteiger partial charge in [0.1, 0.15) is 11.5 Å². The van der Waals surface area contributed by atoms with E-state index in [9.17, 15) is 4.79 Å². The molecule has 0 aliphatic rings. The summed E-state index contributed by atoms with van der Waals surface area (Å²) in [5, 5.41) is 6.58. The van der Waals surface area contributed by atoms with E-state index >= 15 is 0 Å². The summed E-state index contributed by atoms with van der Waals surface area (Å²) in [5.41, 5.74) is 0.947. The Balaban J connectivity index is 1.91. The van der Waals surface area contributed by atoms with E-state index in [1.165, 1.54) is 0 Å². The average molecular weight is 289 g/mol. The lowest BCUT2D eigenvalue weighted by Crippen LogP contribution is -2.37. The minimum atomic E-state index is -0.560. The summed E-state index contributed by atoms with van der Waals surface area (Å²) in [6.07, 6.45) is 2.90. The van der Waals surface area contributed by atoms with Crippen molar-refractivity contribution in [3.05, 3.63) is 42.2 Å². The molecule has 2 rings (SSSR count). The Morgan fingerprint density at radius 3 is 2.57 bits per heavy atom. The third-order valence-electron chi connectivity index (χ3n) is 3.07. The number of rotatable bonds is 6. The molecule has 1 N–H and O–H groups in total. The molecule has 0 aliphatic carbocycles. The number of aromatic nitrogens is 2. The van der Waals surface area contributed by atoms with Gasteiger partial charge in [-0.3, -0.25) is 9.89 Å². The topological polar surface area (TPSA) is 67.5 Å². The number of likely N-dealkylation sites (N-methyl/N-ethyl adjacent to an activating group) is 1. The fraction of sp³-hybridized carbons (Fsp3) is 0.333. The minimum Gasteiger partial charge on any atom is -0.497 e. The van der Waals surface area contributed by atoms with Gasteiger partial charge in [-0.1, -0.05) is 0 Å². The van der Waals surface area contributed by atoms with Crippen LogP contribution in [0.5, 0.6) is 11.5 Å². The maximum absolute atomic E-state index is 12.2. The highest BCUT2D eigenvalue weighted by Gasteiger charge is 2.19. The molecule has 6 nitrogen and oxygen atoms in total. The van der Waals surface area contributed by atoms with Crippen LogP contribution in [0.25, 0.3) is 0 Å². The predicted octanol–water partition coefficient (Wildman–Crippen LogP) is 1.84. The summed E-state index contributed by atoms with van der Waals surface area (Å²) >= 11 is 0. The normalized spacial score (nSPS) is 11.8. The van der Waals surface area contributed by atoms with Crippen molar-refractivity contribution in [3.63, 3.8) is 0 Å². The molecular formula is C15H19N3O3. The standard InChI is InChI=1S/C15H19N3O3/c1-11(21-14-6-4-13(20-3)5-7-14)15(19)18(2)10-12-8-16-17-9-12/h4-9,11H,10H2,1-3H3,(H,16,17). The number of aromatic amines is 1. The van der Waals surface area contributed by atoms with Crippen molar-refractivity contribution in [2.45, 2.75) is 19.6 Å². The van der Waals surface area contributed by atoms with Crippen molar-refractivity contribution in [2.24, 2.45) is 0 Å². The minimum absolute atomic E-state index is 0.0907. The van der Waals surface area contributed by atoms with Crippen LogP contribution in [-0.4, -0.2) is 41.3 Å². The van der Waals surface area contributed by atoms with Crippen LogP contribution in [0.15, 0.2) is 36.7 Å². The number of hydrogen-bond donors (Lipinski definition) is 1. The molecule has 0 saturated heterocycles. The van der Waals surface area contributed by atoms with E-state index in [1.807, 2.05) is 0 Å². The van der Waals surface area contributed by atoms with Crippen molar-refractivity contribution in [2.75, 3.05) is 14.2 Å². The molecule has 0 radical (unpaired) electrons. The van der Waals surface area contributed by atoms with Gasteiger partial charge in [0, 0.05) is 25.4 Å². The molecule has 6 heteroatoms. The van der Waals surface area contributed by atoms with Crippen LogP contribution in [0, 0.1) is 0 Å². The molecule has 2 aromatic rings. The van der Waals surface area contributed by atoms with Gasteiger partial charge in [-0.05, 0) is 31.2 Å². The van der Waals surface area contributed by atoms with Gasteiger partial charge in [-0.25, -0.2) is 0 Å². The summed E-state index contributed by atoms with van der Waals surface area (Å²) in [6.45, 7) is 2.23. The smallest absolute Gasteiger partial charge is 0.263 e. The Labute approximate surface area is 123 Å². The average Bonchev–Trinajstić information content (AvgIpc) is 3.00. The number of amides is 1. The Hall–Kier alpha value is -2.50. The summed E-state index contributed by atoms with van der Waals surface area (Å²) < 4.78 is 10.7. The lowest BCUT2D eigenvalue weighted by atomic mass is 10.3. The highest BCUT2D eigenvalue weighted by Crippen LogP contribution is 2.18. The lowest BCUT2D eigenvalue weighted by molar-refractivity contribution is -0.137. The van der Waals surface area contributed by atoms with E-state index in [-0.39, 0.29) is 5.91 Å². The van der Waals surface area contributed by atoms with Crippen LogP contribution in [-0.2, 0) is 11.3 Å². The fourth-order valence-corrected chi connectivity index (χ4v) is 1.94. The van der Waals surface area contributed by atoms with E-state index in [0.717, 1.165) is 11.3 Å². The molecule has 0 aliphatic heterocycles. The van der Waals surface area contributed by atoms with Crippen LogP contribution in [0.3, 0.4) is 0 Å². The first-order valence-electron chi connectivity index (χ1n) is 6.63. The van der Waals surface area contributed by atoms with Crippen LogP contribution in [0.4, 0.5) is 0 Å². The van der Waals surface area contributed by atoms with Crippen molar-refractivity contribution < 1.29 is 14.3 Å². The second kappa shape index (κ2) is 6.78. The number of carbonyl (C=O) groups is 1. The zero-order valence-electron chi connectivity index (χ0n) is 12.4. The van der Waals surface area contributed by atoms with Crippen molar-refractivity contribution in [1.29, 1.82) is 0 Å². The van der Waals surface area contributed by atoms with E-state index in [2.05, 4.69) is 10.2 Å². The van der Waals surface area contributed by atoms with Crippen LogP contribution in [0.1, 0.15) is 12.5 Å². The number of nitrogens with zero attached hydrogens (tertiary/aromatic N) is 2. The van der Waals surface area contributed by atoms with Crippen LogP contribution >= 0.6 is 0 Å². The van der Waals surface area contributed by atoms with Gasteiger partial charge in [-0.2, -0.15) is 5.10 Å². The zero-order chi connectivity index (χ0) is 15.2. The number of nitrogens with one attached hydrogen (secondary N) is 1. The number of hydrogen-bond acceptors (Lipinski definition) is 4. The van der Waals surface area contributed by atoms with E-state index < -0.39 is 6.10 Å². The second-order valence-corrected chi connectivity index (χ2v) is 4.74. The number of ether oxygens (including phenoxy) is 2. The third-order valence-corrected chi connectivity index (χ3v) is 3.07. The van der Waals surface area contributed by atoms with Crippen molar-refractivity contribution >= 4 is 5.91 Å². The Morgan fingerprint density at radius 1 is 1.33 bits per heavy atom. The molecule has 0 fully saturated rings. The van der Waals surface area contributed by atoms with E-state index in [0.29, 0.717) is 12.3 Å². The number of methoxy groups -OCH3 is 1. The molecule has 21 heavy (non-hydrogen) atoms. The molecule has 1 heterocycles. The predicted molar refractivity (Wildman–Crippen MR) is 78.1 cm³/mol. The van der Waals surface area contributed by atoms with Gasteiger partial charge in [-0.15, -0.1) is 0 Å². The molecular weight excluding hydrogens is 270 g/mol. The molecule has 1 aromatic heterocycles. The summed E-state index contributed by atoms with van der Waals surface area (Å²) in [4.78, 5) is 13.9. The first-order valence-corrected chi connectivity index (χ1v) is 6.63. The van der Waals surface area contributed by atoms with Gasteiger partial charge in [0.05, 0.1) is 13.3 Å². The van der Waals surface area contributed by atoms with Gasteiger partial charge in [0.25, 0.3) is 5.91 Å². The first kappa shape index (κ1) is 14.9. The van der Waals surface area contributed by atoms with Gasteiger partial charge in [0.15, 0.2) is 6.10 Å². The lowest BCUT2D eigenvalue weighted by Gasteiger charge is -2.21. The molecule has 1 aromatic carbocycles. The van der Waals surface area contributed by atoms with Crippen molar-refractivity contribution in [3.8, 4) is 11.5 Å². The van der Waals surface area contributed by atoms with Gasteiger partial charge >= 0.3 is 0 Å².